The Balaban J connectivity index is 2.15. The molecule has 0 heterocycles. The van der Waals surface area contributed by atoms with Gasteiger partial charge in [0.25, 0.3) is 10.1 Å². The Bertz CT molecular complexity index is 850. The average Bonchev–Trinajstić information content (AvgIpc) is 2.58. The van der Waals surface area contributed by atoms with E-state index in [1.54, 1.807) is 32.9 Å². The van der Waals surface area contributed by atoms with E-state index in [0.717, 1.165) is 11.1 Å². The van der Waals surface area contributed by atoms with E-state index in [0.29, 0.717) is 6.42 Å². The lowest BCUT2D eigenvalue weighted by atomic mass is 10.00. The fourth-order valence-corrected chi connectivity index (χ4v) is 3.39. The third-order valence-electron chi connectivity index (χ3n) is 3.80. The van der Waals surface area contributed by atoms with Crippen molar-refractivity contribution in [2.75, 3.05) is 6.61 Å². The van der Waals surface area contributed by atoms with Crippen molar-refractivity contribution in [3.63, 3.8) is 0 Å². The first-order chi connectivity index (χ1) is 12.6. The highest BCUT2D eigenvalue weighted by Crippen LogP contribution is 2.19. The molecule has 0 aliphatic carbocycles. The highest BCUT2D eigenvalue weighted by molar-refractivity contribution is 7.86. The fourth-order valence-electron chi connectivity index (χ4n) is 2.44. The van der Waals surface area contributed by atoms with Gasteiger partial charge in [-0.15, -0.1) is 0 Å². The van der Waals surface area contributed by atoms with E-state index in [2.05, 4.69) is 0 Å². The summed E-state index contributed by atoms with van der Waals surface area (Å²) in [6.07, 6.45) is 0.333. The summed E-state index contributed by atoms with van der Waals surface area (Å²) in [7, 11) is -3.95. The maximum absolute atomic E-state index is 12.6. The standard InChI is InChI=1S/C21H26O5S/c1-16-10-12-19(13-11-16)27(23,24)25-15-18(20(22)26-21(2,3)4)14-17-8-6-5-7-9-17/h5-13,18H,14-15H2,1-4H3. The molecule has 0 fully saturated rings. The summed E-state index contributed by atoms with van der Waals surface area (Å²) in [5.41, 5.74) is 1.19. The molecule has 0 radical (unpaired) electrons. The van der Waals surface area contributed by atoms with Crippen LogP contribution in [-0.2, 0) is 30.3 Å². The number of carbonyl (C=O) groups is 1. The van der Waals surface area contributed by atoms with Crippen molar-refractivity contribution in [3.8, 4) is 0 Å². The molecule has 0 aromatic heterocycles. The molecule has 146 valence electrons. The SMILES string of the molecule is Cc1ccc(S(=O)(=O)OCC(Cc2ccccc2)C(=O)OC(C)(C)C)cc1. The van der Waals surface area contributed by atoms with E-state index in [4.69, 9.17) is 8.92 Å². The molecule has 1 unspecified atom stereocenters. The van der Waals surface area contributed by atoms with E-state index in [9.17, 15) is 13.2 Å². The van der Waals surface area contributed by atoms with Gasteiger partial charge < -0.3 is 4.74 Å². The largest absolute Gasteiger partial charge is 0.460 e. The summed E-state index contributed by atoms with van der Waals surface area (Å²) in [4.78, 5) is 12.6. The van der Waals surface area contributed by atoms with Crippen LogP contribution < -0.4 is 0 Å². The minimum absolute atomic E-state index is 0.0655. The van der Waals surface area contributed by atoms with Gasteiger partial charge in [-0.2, -0.15) is 8.42 Å². The molecule has 0 saturated carbocycles. The van der Waals surface area contributed by atoms with Gasteiger partial charge >= 0.3 is 5.97 Å². The number of carbonyl (C=O) groups excluding carboxylic acids is 1. The van der Waals surface area contributed by atoms with Gasteiger partial charge in [-0.25, -0.2) is 0 Å². The highest BCUT2D eigenvalue weighted by atomic mass is 32.2. The molecular weight excluding hydrogens is 364 g/mol. The van der Waals surface area contributed by atoms with Crippen LogP contribution >= 0.6 is 0 Å². The van der Waals surface area contributed by atoms with Gasteiger partial charge in [0, 0.05) is 0 Å². The smallest absolute Gasteiger partial charge is 0.312 e. The van der Waals surface area contributed by atoms with Crippen LogP contribution in [0.2, 0.25) is 0 Å². The quantitative estimate of drug-likeness (QED) is 0.530. The zero-order valence-corrected chi connectivity index (χ0v) is 17.0. The highest BCUT2D eigenvalue weighted by Gasteiger charge is 2.28. The maximum Gasteiger partial charge on any atom is 0.312 e. The molecule has 2 aromatic carbocycles. The molecule has 0 amide bonds. The minimum atomic E-state index is -3.95. The number of aryl methyl sites for hydroxylation is 1. The van der Waals surface area contributed by atoms with Gasteiger partial charge in [-0.05, 0) is 51.8 Å². The normalized spacial score (nSPS) is 13.2. The number of esters is 1. The second-order valence-corrected chi connectivity index (χ2v) is 9.09. The van der Waals surface area contributed by atoms with Crippen molar-refractivity contribution >= 4 is 16.1 Å². The van der Waals surface area contributed by atoms with Crippen LogP contribution in [0.5, 0.6) is 0 Å². The first kappa shape index (κ1) is 21.1. The molecule has 0 saturated heterocycles. The van der Waals surface area contributed by atoms with Crippen LogP contribution in [0, 0.1) is 12.8 Å². The summed E-state index contributed by atoms with van der Waals surface area (Å²) in [5, 5.41) is 0. The van der Waals surface area contributed by atoms with Crippen LogP contribution in [0.3, 0.4) is 0 Å². The third-order valence-corrected chi connectivity index (χ3v) is 5.09. The summed E-state index contributed by atoms with van der Waals surface area (Å²) in [6, 6.07) is 15.8. The van der Waals surface area contributed by atoms with Crippen molar-refractivity contribution in [1.82, 2.24) is 0 Å². The first-order valence-corrected chi connectivity index (χ1v) is 10.2. The van der Waals surface area contributed by atoms with E-state index < -0.39 is 27.6 Å². The summed E-state index contributed by atoms with van der Waals surface area (Å²) in [5.74, 6) is -1.21. The van der Waals surface area contributed by atoms with Crippen molar-refractivity contribution in [2.45, 2.75) is 44.6 Å². The van der Waals surface area contributed by atoms with Gasteiger partial charge in [0.1, 0.15) is 5.60 Å². The van der Waals surface area contributed by atoms with E-state index in [1.807, 2.05) is 37.3 Å². The lowest BCUT2D eigenvalue weighted by Gasteiger charge is -2.24. The monoisotopic (exact) mass is 390 g/mol. The Labute approximate surface area is 161 Å². The van der Waals surface area contributed by atoms with Crippen molar-refractivity contribution in [3.05, 3.63) is 65.7 Å². The maximum atomic E-state index is 12.6. The van der Waals surface area contributed by atoms with Crippen LogP contribution in [0.4, 0.5) is 0 Å². The predicted molar refractivity (Wildman–Crippen MR) is 104 cm³/mol. The lowest BCUT2D eigenvalue weighted by molar-refractivity contribution is -0.160. The minimum Gasteiger partial charge on any atom is -0.460 e. The van der Waals surface area contributed by atoms with Crippen molar-refractivity contribution in [2.24, 2.45) is 5.92 Å². The van der Waals surface area contributed by atoms with E-state index in [-0.39, 0.29) is 11.5 Å². The number of hydrogen-bond acceptors (Lipinski definition) is 5. The zero-order chi connectivity index (χ0) is 20.1. The van der Waals surface area contributed by atoms with Crippen LogP contribution in [0.15, 0.2) is 59.5 Å². The Morgan fingerprint density at radius 1 is 1.00 bits per heavy atom. The van der Waals surface area contributed by atoms with Gasteiger partial charge in [-0.3, -0.25) is 8.98 Å². The van der Waals surface area contributed by atoms with Crippen molar-refractivity contribution in [1.29, 1.82) is 0 Å². The average molecular weight is 391 g/mol. The molecule has 0 spiro atoms. The van der Waals surface area contributed by atoms with E-state index >= 15 is 0 Å². The second-order valence-electron chi connectivity index (χ2n) is 7.47. The first-order valence-electron chi connectivity index (χ1n) is 8.80. The molecule has 5 nitrogen and oxygen atoms in total. The Morgan fingerprint density at radius 2 is 1.59 bits per heavy atom. The number of ether oxygens (including phenoxy) is 1. The third kappa shape index (κ3) is 6.81. The molecule has 2 rings (SSSR count). The summed E-state index contributed by atoms with van der Waals surface area (Å²) >= 11 is 0. The molecule has 0 bridgehead atoms. The molecule has 0 aliphatic heterocycles. The van der Waals surface area contributed by atoms with E-state index in [1.165, 1.54) is 12.1 Å². The zero-order valence-electron chi connectivity index (χ0n) is 16.1. The molecule has 0 N–H and O–H groups in total. The van der Waals surface area contributed by atoms with Crippen molar-refractivity contribution < 1.29 is 22.1 Å². The predicted octanol–water partition coefficient (Wildman–Crippen LogP) is 3.90. The molecule has 27 heavy (non-hydrogen) atoms. The van der Waals surface area contributed by atoms with Gasteiger partial charge in [0.05, 0.1) is 17.4 Å². The van der Waals surface area contributed by atoms with Gasteiger partial charge in [0.2, 0.25) is 0 Å². The van der Waals surface area contributed by atoms with Crippen LogP contribution in [-0.4, -0.2) is 26.6 Å². The number of hydrogen-bond donors (Lipinski definition) is 0. The Hall–Kier alpha value is -2.18. The van der Waals surface area contributed by atoms with Gasteiger partial charge in [-0.1, -0.05) is 48.0 Å². The summed E-state index contributed by atoms with van der Waals surface area (Å²) in [6.45, 7) is 6.91. The fraction of sp³-hybridized carbons (Fsp3) is 0.381. The summed E-state index contributed by atoms with van der Waals surface area (Å²) < 4.78 is 35.5. The Kier molecular flexibility index (Phi) is 6.78. The molecule has 0 aliphatic rings. The molecular formula is C21H26O5S. The molecule has 2 aromatic rings. The lowest BCUT2D eigenvalue weighted by Crippen LogP contribution is -2.32. The van der Waals surface area contributed by atoms with Gasteiger partial charge in [0.15, 0.2) is 0 Å². The second kappa shape index (κ2) is 8.67. The topological polar surface area (TPSA) is 69.7 Å². The van der Waals surface area contributed by atoms with Crippen LogP contribution in [0.1, 0.15) is 31.9 Å². The Morgan fingerprint density at radius 3 is 2.15 bits per heavy atom. The number of rotatable bonds is 7. The number of benzene rings is 2. The molecule has 1 atom stereocenters. The van der Waals surface area contributed by atoms with Crippen LogP contribution in [0.25, 0.3) is 0 Å². The molecule has 6 heteroatoms.